The van der Waals surface area contributed by atoms with Crippen LogP contribution in [0.15, 0.2) is 0 Å². The Labute approximate surface area is 75.9 Å². The SMILES string of the molecule is CCCC1(C)CC1CNC1CC1. The van der Waals surface area contributed by atoms with Crippen LogP contribution in [0.25, 0.3) is 0 Å². The summed E-state index contributed by atoms with van der Waals surface area (Å²) in [6, 6.07) is 0.900. The van der Waals surface area contributed by atoms with Crippen LogP contribution in [0.5, 0.6) is 0 Å². The first kappa shape index (κ1) is 8.55. The highest BCUT2D eigenvalue weighted by Gasteiger charge is 2.48. The summed E-state index contributed by atoms with van der Waals surface area (Å²) in [7, 11) is 0. The van der Waals surface area contributed by atoms with Crippen LogP contribution in [0.4, 0.5) is 0 Å². The van der Waals surface area contributed by atoms with Gasteiger partial charge in [-0.05, 0) is 43.6 Å². The lowest BCUT2D eigenvalue weighted by Gasteiger charge is -2.09. The molecule has 0 aromatic rings. The molecule has 0 bridgehead atoms. The molecule has 0 aliphatic heterocycles. The van der Waals surface area contributed by atoms with Gasteiger partial charge in [-0.3, -0.25) is 0 Å². The lowest BCUT2D eigenvalue weighted by molar-refractivity contribution is 0.439. The van der Waals surface area contributed by atoms with E-state index in [0.717, 1.165) is 17.4 Å². The monoisotopic (exact) mass is 167 g/mol. The van der Waals surface area contributed by atoms with Crippen LogP contribution in [0.3, 0.4) is 0 Å². The van der Waals surface area contributed by atoms with Gasteiger partial charge in [-0.25, -0.2) is 0 Å². The van der Waals surface area contributed by atoms with Crippen molar-refractivity contribution < 1.29 is 0 Å². The third kappa shape index (κ3) is 1.82. The number of hydrogen-bond acceptors (Lipinski definition) is 1. The van der Waals surface area contributed by atoms with Gasteiger partial charge in [-0.1, -0.05) is 20.3 Å². The maximum atomic E-state index is 3.63. The lowest BCUT2D eigenvalue weighted by Crippen LogP contribution is -2.21. The summed E-state index contributed by atoms with van der Waals surface area (Å²) in [6.07, 6.45) is 7.12. The Morgan fingerprint density at radius 1 is 1.42 bits per heavy atom. The van der Waals surface area contributed by atoms with Crippen LogP contribution < -0.4 is 5.32 Å². The highest BCUT2D eigenvalue weighted by atomic mass is 15.0. The van der Waals surface area contributed by atoms with Crippen molar-refractivity contribution in [2.45, 2.75) is 52.0 Å². The van der Waals surface area contributed by atoms with Crippen molar-refractivity contribution in [2.24, 2.45) is 11.3 Å². The van der Waals surface area contributed by atoms with Crippen molar-refractivity contribution >= 4 is 0 Å². The largest absolute Gasteiger partial charge is 0.314 e. The number of hydrogen-bond donors (Lipinski definition) is 1. The first-order chi connectivity index (χ1) is 5.74. The fraction of sp³-hybridized carbons (Fsp3) is 1.00. The lowest BCUT2D eigenvalue weighted by atomic mass is 10.0. The molecular weight excluding hydrogens is 146 g/mol. The molecule has 2 atom stereocenters. The zero-order chi connectivity index (χ0) is 8.60. The third-order valence-corrected chi connectivity index (χ3v) is 3.59. The first-order valence-corrected chi connectivity index (χ1v) is 5.48. The molecule has 70 valence electrons. The Morgan fingerprint density at radius 3 is 2.75 bits per heavy atom. The second-order valence-corrected chi connectivity index (χ2v) is 4.99. The van der Waals surface area contributed by atoms with Gasteiger partial charge >= 0.3 is 0 Å². The minimum absolute atomic E-state index is 0.719. The Balaban J connectivity index is 1.64. The molecule has 0 aromatic carbocycles. The van der Waals surface area contributed by atoms with Gasteiger partial charge in [0.1, 0.15) is 0 Å². The van der Waals surface area contributed by atoms with E-state index in [2.05, 4.69) is 19.2 Å². The predicted octanol–water partition coefficient (Wildman–Crippen LogP) is 2.56. The second-order valence-electron chi connectivity index (χ2n) is 4.99. The maximum absolute atomic E-state index is 3.63. The van der Waals surface area contributed by atoms with Gasteiger partial charge in [-0.15, -0.1) is 0 Å². The minimum atomic E-state index is 0.719. The van der Waals surface area contributed by atoms with Gasteiger partial charge in [0.25, 0.3) is 0 Å². The van der Waals surface area contributed by atoms with Gasteiger partial charge < -0.3 is 5.32 Å². The summed E-state index contributed by atoms with van der Waals surface area (Å²) in [4.78, 5) is 0. The highest BCUT2D eigenvalue weighted by molar-refractivity contribution is 5.00. The molecule has 0 radical (unpaired) electrons. The van der Waals surface area contributed by atoms with Crippen molar-refractivity contribution in [1.29, 1.82) is 0 Å². The van der Waals surface area contributed by atoms with E-state index in [1.54, 1.807) is 0 Å². The van der Waals surface area contributed by atoms with E-state index in [0.29, 0.717) is 0 Å². The topological polar surface area (TPSA) is 12.0 Å². The van der Waals surface area contributed by atoms with E-state index >= 15 is 0 Å². The quantitative estimate of drug-likeness (QED) is 0.663. The molecule has 0 aromatic heterocycles. The Hall–Kier alpha value is -0.0400. The van der Waals surface area contributed by atoms with Crippen LogP contribution >= 0.6 is 0 Å². The van der Waals surface area contributed by atoms with E-state index in [4.69, 9.17) is 0 Å². The van der Waals surface area contributed by atoms with Crippen LogP contribution in [0.1, 0.15) is 46.0 Å². The molecule has 1 heteroatoms. The zero-order valence-corrected chi connectivity index (χ0v) is 8.40. The fourth-order valence-corrected chi connectivity index (χ4v) is 2.30. The van der Waals surface area contributed by atoms with Crippen molar-refractivity contribution in [3.63, 3.8) is 0 Å². The van der Waals surface area contributed by atoms with E-state index < -0.39 is 0 Å². The third-order valence-electron chi connectivity index (χ3n) is 3.59. The molecule has 0 heterocycles. The summed E-state index contributed by atoms with van der Waals surface area (Å²) in [6.45, 7) is 6.05. The van der Waals surface area contributed by atoms with E-state index in [9.17, 15) is 0 Å². The molecule has 0 spiro atoms. The van der Waals surface area contributed by atoms with Crippen molar-refractivity contribution in [1.82, 2.24) is 5.32 Å². The zero-order valence-electron chi connectivity index (χ0n) is 8.40. The molecule has 1 N–H and O–H groups in total. The maximum Gasteiger partial charge on any atom is 0.00683 e. The van der Waals surface area contributed by atoms with Crippen molar-refractivity contribution in [3.8, 4) is 0 Å². The van der Waals surface area contributed by atoms with E-state index in [1.807, 2.05) is 0 Å². The molecule has 2 unspecified atom stereocenters. The summed E-state index contributed by atoms with van der Waals surface area (Å²) in [5.74, 6) is 0.998. The molecule has 2 fully saturated rings. The van der Waals surface area contributed by atoms with E-state index in [1.165, 1.54) is 38.6 Å². The second kappa shape index (κ2) is 3.02. The van der Waals surface area contributed by atoms with Crippen LogP contribution in [-0.2, 0) is 0 Å². The smallest absolute Gasteiger partial charge is 0.00683 e. The van der Waals surface area contributed by atoms with Crippen molar-refractivity contribution in [2.75, 3.05) is 6.54 Å². The molecule has 2 aliphatic rings. The van der Waals surface area contributed by atoms with Gasteiger partial charge in [-0.2, -0.15) is 0 Å². The van der Waals surface area contributed by atoms with Gasteiger partial charge in [0, 0.05) is 6.04 Å². The van der Waals surface area contributed by atoms with Crippen LogP contribution in [-0.4, -0.2) is 12.6 Å². The molecule has 0 amide bonds. The van der Waals surface area contributed by atoms with Crippen LogP contribution in [0, 0.1) is 11.3 Å². The number of nitrogens with one attached hydrogen (secondary N) is 1. The molecule has 12 heavy (non-hydrogen) atoms. The molecule has 2 rings (SSSR count). The highest BCUT2D eigenvalue weighted by Crippen LogP contribution is 2.55. The molecule has 1 nitrogen and oxygen atoms in total. The van der Waals surface area contributed by atoms with Crippen molar-refractivity contribution in [3.05, 3.63) is 0 Å². The average Bonchev–Trinajstić information content (AvgIpc) is 2.85. The molecular formula is C11H21N. The predicted molar refractivity (Wildman–Crippen MR) is 52.1 cm³/mol. The molecule has 2 saturated carbocycles. The van der Waals surface area contributed by atoms with Gasteiger partial charge in [0.2, 0.25) is 0 Å². The Kier molecular flexibility index (Phi) is 2.16. The Bertz CT molecular complexity index is 162. The normalized spacial score (nSPS) is 40.0. The molecule has 2 aliphatic carbocycles. The summed E-state index contributed by atoms with van der Waals surface area (Å²) in [5.41, 5.74) is 0.719. The summed E-state index contributed by atoms with van der Waals surface area (Å²) in [5, 5.41) is 3.63. The standard InChI is InChI=1S/C11H21N/c1-3-6-11(2)7-9(11)8-12-10-4-5-10/h9-10,12H,3-8H2,1-2H3. The van der Waals surface area contributed by atoms with Gasteiger partial charge in [0.15, 0.2) is 0 Å². The van der Waals surface area contributed by atoms with Crippen LogP contribution in [0.2, 0.25) is 0 Å². The average molecular weight is 167 g/mol. The summed E-state index contributed by atoms with van der Waals surface area (Å²) < 4.78 is 0. The van der Waals surface area contributed by atoms with Gasteiger partial charge in [0.05, 0.1) is 0 Å². The van der Waals surface area contributed by atoms with E-state index in [-0.39, 0.29) is 0 Å². The summed E-state index contributed by atoms with van der Waals surface area (Å²) >= 11 is 0. The first-order valence-electron chi connectivity index (χ1n) is 5.48. The Morgan fingerprint density at radius 2 is 2.17 bits per heavy atom. The number of rotatable bonds is 5. The minimum Gasteiger partial charge on any atom is -0.314 e. The molecule has 0 saturated heterocycles. The fourth-order valence-electron chi connectivity index (χ4n) is 2.30.